The first-order valence-corrected chi connectivity index (χ1v) is 7.57. The van der Waals surface area contributed by atoms with Gasteiger partial charge in [-0.05, 0) is 56.7 Å². The number of phenolic OH excluding ortho intramolecular Hbond substituents is 1. The molecule has 0 fully saturated rings. The molecule has 2 aromatic carbocycles. The number of benzene rings is 2. The molecule has 3 aromatic rings. The maximum absolute atomic E-state index is 10.1. The van der Waals surface area contributed by atoms with Crippen molar-refractivity contribution in [1.82, 2.24) is 4.57 Å². The summed E-state index contributed by atoms with van der Waals surface area (Å²) >= 11 is 0. The highest BCUT2D eigenvalue weighted by Crippen LogP contribution is 2.31. The fourth-order valence-corrected chi connectivity index (χ4v) is 2.87. The summed E-state index contributed by atoms with van der Waals surface area (Å²) in [5.74, 6) is 1.18. The number of hydrogen-bond donors (Lipinski definition) is 1. The largest absolute Gasteiger partial charge is 0.507 e. The molecule has 3 heteroatoms. The predicted molar refractivity (Wildman–Crippen MR) is 89.5 cm³/mol. The molecule has 3 rings (SSSR count). The summed E-state index contributed by atoms with van der Waals surface area (Å²) in [6.07, 6.45) is 0. The second kappa shape index (κ2) is 5.76. The first-order chi connectivity index (χ1) is 10.6. The summed E-state index contributed by atoms with van der Waals surface area (Å²) in [4.78, 5) is 0. The number of nitrogens with zero attached hydrogens (tertiary/aromatic N) is 1. The number of fused-ring (bicyclic) bond motifs is 1. The van der Waals surface area contributed by atoms with Crippen LogP contribution in [0.5, 0.6) is 11.5 Å². The third-order valence-corrected chi connectivity index (χ3v) is 3.83. The molecule has 0 aliphatic heterocycles. The van der Waals surface area contributed by atoms with Crippen LogP contribution in [-0.4, -0.2) is 9.67 Å². The number of aryl methyl sites for hydroxylation is 1. The van der Waals surface area contributed by atoms with E-state index in [1.165, 1.54) is 5.56 Å². The zero-order chi connectivity index (χ0) is 15.7. The van der Waals surface area contributed by atoms with Gasteiger partial charge in [-0.2, -0.15) is 0 Å². The molecule has 3 nitrogen and oxygen atoms in total. The zero-order valence-electron chi connectivity index (χ0n) is 13.2. The van der Waals surface area contributed by atoms with E-state index in [0.29, 0.717) is 18.4 Å². The van der Waals surface area contributed by atoms with E-state index in [-0.39, 0.29) is 0 Å². The quantitative estimate of drug-likeness (QED) is 0.749. The van der Waals surface area contributed by atoms with E-state index in [1.54, 1.807) is 6.07 Å². The molecular formula is C19H21NO2. The van der Waals surface area contributed by atoms with E-state index < -0.39 is 0 Å². The zero-order valence-corrected chi connectivity index (χ0v) is 13.2. The number of ether oxygens (including phenoxy) is 1. The van der Waals surface area contributed by atoms with Crippen molar-refractivity contribution in [2.45, 2.75) is 33.4 Å². The molecule has 0 aliphatic rings. The Balaban J connectivity index is 1.96. The lowest BCUT2D eigenvalue weighted by molar-refractivity contribution is 0.293. The van der Waals surface area contributed by atoms with E-state index >= 15 is 0 Å². The van der Waals surface area contributed by atoms with Crippen molar-refractivity contribution < 1.29 is 9.84 Å². The van der Waals surface area contributed by atoms with Gasteiger partial charge in [0.1, 0.15) is 18.1 Å². The van der Waals surface area contributed by atoms with Crippen LogP contribution in [0, 0.1) is 6.92 Å². The maximum Gasteiger partial charge on any atom is 0.128 e. The van der Waals surface area contributed by atoms with E-state index in [9.17, 15) is 5.11 Å². The van der Waals surface area contributed by atoms with Crippen LogP contribution >= 0.6 is 0 Å². The predicted octanol–water partition coefficient (Wildman–Crippen LogP) is 4.82. The molecule has 0 spiro atoms. The molecule has 0 amide bonds. The first-order valence-electron chi connectivity index (χ1n) is 7.57. The molecule has 114 valence electrons. The van der Waals surface area contributed by atoms with Gasteiger partial charge in [0.15, 0.2) is 0 Å². The van der Waals surface area contributed by atoms with Crippen molar-refractivity contribution in [1.29, 1.82) is 0 Å². The summed E-state index contributed by atoms with van der Waals surface area (Å²) in [7, 11) is 0. The lowest BCUT2D eigenvalue weighted by Gasteiger charge is -2.15. The van der Waals surface area contributed by atoms with Crippen molar-refractivity contribution in [3.05, 3.63) is 59.8 Å². The third-order valence-electron chi connectivity index (χ3n) is 3.83. The van der Waals surface area contributed by atoms with Crippen molar-refractivity contribution >= 4 is 10.9 Å². The van der Waals surface area contributed by atoms with Crippen LogP contribution in [0.4, 0.5) is 0 Å². The molecule has 1 heterocycles. The number of phenols is 1. The van der Waals surface area contributed by atoms with Gasteiger partial charge in [0.05, 0.1) is 11.2 Å². The van der Waals surface area contributed by atoms with E-state index in [2.05, 4.69) is 31.4 Å². The van der Waals surface area contributed by atoms with Crippen molar-refractivity contribution in [2.75, 3.05) is 0 Å². The van der Waals surface area contributed by atoms with E-state index in [1.807, 2.05) is 36.4 Å². The standard InChI is InChI=1S/C19H21NO2/c1-13(2)20-15(11-17-18(20)8-5-9-19(17)21)12-22-16-7-4-6-14(3)10-16/h4-11,13,21H,12H2,1-3H3. The van der Waals surface area contributed by atoms with Gasteiger partial charge in [0.25, 0.3) is 0 Å². The number of aromatic nitrogens is 1. The highest BCUT2D eigenvalue weighted by Gasteiger charge is 2.14. The first kappa shape index (κ1) is 14.5. The van der Waals surface area contributed by atoms with Gasteiger partial charge in [0, 0.05) is 11.4 Å². The minimum atomic E-state index is 0.301. The summed E-state index contributed by atoms with van der Waals surface area (Å²) in [5.41, 5.74) is 3.28. The molecule has 1 N–H and O–H groups in total. The summed E-state index contributed by atoms with van der Waals surface area (Å²) in [5, 5.41) is 10.9. The second-order valence-electron chi connectivity index (χ2n) is 5.91. The monoisotopic (exact) mass is 295 g/mol. The summed E-state index contributed by atoms with van der Waals surface area (Å²) in [6.45, 7) is 6.81. The topological polar surface area (TPSA) is 34.4 Å². The Labute approximate surface area is 130 Å². The lowest BCUT2D eigenvalue weighted by atomic mass is 10.2. The fourth-order valence-electron chi connectivity index (χ4n) is 2.87. The van der Waals surface area contributed by atoms with E-state index in [4.69, 9.17) is 4.74 Å². The highest BCUT2D eigenvalue weighted by molar-refractivity contribution is 5.87. The Morgan fingerprint density at radius 3 is 2.59 bits per heavy atom. The Bertz CT molecular complexity index is 802. The molecule has 0 aliphatic carbocycles. The van der Waals surface area contributed by atoms with Crippen LogP contribution in [-0.2, 0) is 6.61 Å². The second-order valence-corrected chi connectivity index (χ2v) is 5.91. The number of rotatable bonds is 4. The SMILES string of the molecule is Cc1cccc(OCc2cc3c(O)cccc3n2C(C)C)c1. The molecule has 0 saturated heterocycles. The number of aromatic hydroxyl groups is 1. The van der Waals surface area contributed by atoms with Gasteiger partial charge in [-0.15, -0.1) is 0 Å². The van der Waals surface area contributed by atoms with Gasteiger partial charge in [-0.1, -0.05) is 18.2 Å². The van der Waals surface area contributed by atoms with Crippen LogP contribution in [0.15, 0.2) is 48.5 Å². The van der Waals surface area contributed by atoms with Crippen molar-refractivity contribution in [3.8, 4) is 11.5 Å². The van der Waals surface area contributed by atoms with Gasteiger partial charge in [0.2, 0.25) is 0 Å². The normalized spacial score (nSPS) is 11.3. The molecule has 0 saturated carbocycles. The van der Waals surface area contributed by atoms with Gasteiger partial charge in [-0.25, -0.2) is 0 Å². The highest BCUT2D eigenvalue weighted by atomic mass is 16.5. The molecule has 22 heavy (non-hydrogen) atoms. The van der Waals surface area contributed by atoms with Crippen LogP contribution in [0.1, 0.15) is 31.1 Å². The van der Waals surface area contributed by atoms with Crippen LogP contribution < -0.4 is 4.74 Å². The summed E-state index contributed by atoms with van der Waals surface area (Å²) < 4.78 is 8.14. The van der Waals surface area contributed by atoms with Crippen molar-refractivity contribution in [2.24, 2.45) is 0 Å². The van der Waals surface area contributed by atoms with E-state index in [0.717, 1.165) is 22.3 Å². The smallest absolute Gasteiger partial charge is 0.128 e. The summed E-state index contributed by atoms with van der Waals surface area (Å²) in [6, 6.07) is 16.0. The van der Waals surface area contributed by atoms with Gasteiger partial charge >= 0.3 is 0 Å². The molecule has 0 unspecified atom stereocenters. The Morgan fingerprint density at radius 1 is 1.09 bits per heavy atom. The average Bonchev–Trinajstić information content (AvgIpc) is 2.85. The lowest BCUT2D eigenvalue weighted by Crippen LogP contribution is -2.08. The third kappa shape index (κ3) is 2.67. The van der Waals surface area contributed by atoms with Crippen LogP contribution in [0.2, 0.25) is 0 Å². The number of hydrogen-bond acceptors (Lipinski definition) is 2. The van der Waals surface area contributed by atoms with Crippen LogP contribution in [0.25, 0.3) is 10.9 Å². The Kier molecular flexibility index (Phi) is 3.80. The molecule has 1 aromatic heterocycles. The molecular weight excluding hydrogens is 274 g/mol. The van der Waals surface area contributed by atoms with Gasteiger partial charge in [-0.3, -0.25) is 0 Å². The Morgan fingerprint density at radius 2 is 1.86 bits per heavy atom. The van der Waals surface area contributed by atoms with Crippen LogP contribution in [0.3, 0.4) is 0 Å². The molecule has 0 atom stereocenters. The fraction of sp³-hybridized carbons (Fsp3) is 0.263. The minimum Gasteiger partial charge on any atom is -0.507 e. The molecule has 0 radical (unpaired) electrons. The van der Waals surface area contributed by atoms with Crippen molar-refractivity contribution in [3.63, 3.8) is 0 Å². The minimum absolute atomic E-state index is 0.301. The Hall–Kier alpha value is -2.42. The molecule has 0 bridgehead atoms. The maximum atomic E-state index is 10.1. The average molecular weight is 295 g/mol. The van der Waals surface area contributed by atoms with Gasteiger partial charge < -0.3 is 14.4 Å².